The minimum absolute atomic E-state index is 0.167. The standard InChI is InChI=1S/C14H20FNOS/c1-11(9-16-10-13-5-3-7-17-13)18-14-6-2-4-12(15)8-14/h2,4,6,8,11,13,16H,3,5,7,9-10H2,1H3. The van der Waals surface area contributed by atoms with Crippen LogP contribution in [-0.2, 0) is 4.74 Å². The Morgan fingerprint density at radius 2 is 2.44 bits per heavy atom. The molecule has 1 heterocycles. The van der Waals surface area contributed by atoms with Crippen molar-refractivity contribution in [1.29, 1.82) is 0 Å². The molecule has 1 aromatic rings. The molecular formula is C14H20FNOS. The highest BCUT2D eigenvalue weighted by molar-refractivity contribution is 8.00. The Labute approximate surface area is 112 Å². The van der Waals surface area contributed by atoms with Gasteiger partial charge in [0.15, 0.2) is 0 Å². The van der Waals surface area contributed by atoms with Gasteiger partial charge in [-0.1, -0.05) is 13.0 Å². The fourth-order valence-electron chi connectivity index (χ4n) is 2.07. The first-order chi connectivity index (χ1) is 8.74. The molecular weight excluding hydrogens is 249 g/mol. The predicted molar refractivity (Wildman–Crippen MR) is 73.6 cm³/mol. The molecule has 0 spiro atoms. The molecule has 0 radical (unpaired) electrons. The molecule has 1 saturated heterocycles. The number of thioether (sulfide) groups is 1. The summed E-state index contributed by atoms with van der Waals surface area (Å²) in [5.74, 6) is -0.167. The average Bonchev–Trinajstić information content (AvgIpc) is 2.82. The van der Waals surface area contributed by atoms with Crippen LogP contribution in [0, 0.1) is 5.82 Å². The van der Waals surface area contributed by atoms with Gasteiger partial charge < -0.3 is 10.1 Å². The Balaban J connectivity index is 1.66. The lowest BCUT2D eigenvalue weighted by Crippen LogP contribution is -2.30. The highest BCUT2D eigenvalue weighted by Crippen LogP contribution is 2.23. The topological polar surface area (TPSA) is 21.3 Å². The smallest absolute Gasteiger partial charge is 0.124 e. The van der Waals surface area contributed by atoms with Gasteiger partial charge in [0.05, 0.1) is 6.10 Å². The van der Waals surface area contributed by atoms with E-state index in [1.165, 1.54) is 18.9 Å². The maximum absolute atomic E-state index is 13.0. The molecule has 0 saturated carbocycles. The van der Waals surface area contributed by atoms with E-state index >= 15 is 0 Å². The van der Waals surface area contributed by atoms with Gasteiger partial charge in [0.25, 0.3) is 0 Å². The van der Waals surface area contributed by atoms with Gasteiger partial charge in [-0.15, -0.1) is 11.8 Å². The summed E-state index contributed by atoms with van der Waals surface area (Å²) >= 11 is 1.70. The van der Waals surface area contributed by atoms with Crippen LogP contribution in [0.3, 0.4) is 0 Å². The predicted octanol–water partition coefficient (Wildman–Crippen LogP) is 3.07. The lowest BCUT2D eigenvalue weighted by molar-refractivity contribution is 0.110. The van der Waals surface area contributed by atoms with Crippen LogP contribution in [-0.4, -0.2) is 31.1 Å². The summed E-state index contributed by atoms with van der Waals surface area (Å²) in [4.78, 5) is 0.987. The van der Waals surface area contributed by atoms with E-state index in [1.807, 2.05) is 6.07 Å². The first kappa shape index (κ1) is 13.8. The largest absolute Gasteiger partial charge is 0.377 e. The second-order valence-electron chi connectivity index (χ2n) is 4.68. The highest BCUT2D eigenvalue weighted by atomic mass is 32.2. The molecule has 1 aliphatic rings. The van der Waals surface area contributed by atoms with Crippen LogP contribution in [0.5, 0.6) is 0 Å². The van der Waals surface area contributed by atoms with Gasteiger partial charge in [-0.25, -0.2) is 4.39 Å². The van der Waals surface area contributed by atoms with Crippen molar-refractivity contribution >= 4 is 11.8 Å². The molecule has 0 amide bonds. The van der Waals surface area contributed by atoms with Gasteiger partial charge in [0.1, 0.15) is 5.82 Å². The van der Waals surface area contributed by atoms with Gasteiger partial charge in [-0.05, 0) is 31.0 Å². The van der Waals surface area contributed by atoms with Crippen LogP contribution in [0.2, 0.25) is 0 Å². The summed E-state index contributed by atoms with van der Waals surface area (Å²) in [5.41, 5.74) is 0. The monoisotopic (exact) mass is 269 g/mol. The van der Waals surface area contributed by atoms with E-state index in [-0.39, 0.29) is 5.82 Å². The number of benzene rings is 1. The summed E-state index contributed by atoms with van der Waals surface area (Å²) in [6, 6.07) is 6.76. The van der Waals surface area contributed by atoms with Crippen molar-refractivity contribution in [2.45, 2.75) is 36.0 Å². The van der Waals surface area contributed by atoms with Gasteiger partial charge in [-0.2, -0.15) is 0 Å². The van der Waals surface area contributed by atoms with E-state index in [0.717, 1.165) is 24.6 Å². The molecule has 100 valence electrons. The van der Waals surface area contributed by atoms with Crippen LogP contribution in [0.15, 0.2) is 29.2 Å². The normalized spacial score (nSPS) is 21.1. The Bertz CT molecular complexity index is 369. The van der Waals surface area contributed by atoms with E-state index < -0.39 is 0 Å². The van der Waals surface area contributed by atoms with E-state index in [2.05, 4.69) is 12.2 Å². The molecule has 0 bridgehead atoms. The number of ether oxygens (including phenoxy) is 1. The molecule has 1 aromatic carbocycles. The van der Waals surface area contributed by atoms with Gasteiger partial charge >= 0.3 is 0 Å². The number of halogens is 1. The molecule has 2 nitrogen and oxygen atoms in total. The quantitative estimate of drug-likeness (QED) is 0.802. The molecule has 18 heavy (non-hydrogen) atoms. The van der Waals surface area contributed by atoms with Gasteiger partial charge in [0, 0.05) is 29.8 Å². The minimum atomic E-state index is -0.167. The summed E-state index contributed by atoms with van der Waals surface area (Å²) in [6.45, 7) is 4.90. The lowest BCUT2D eigenvalue weighted by Gasteiger charge is -2.15. The fraction of sp³-hybridized carbons (Fsp3) is 0.571. The number of hydrogen-bond acceptors (Lipinski definition) is 3. The van der Waals surface area contributed by atoms with Crippen molar-refractivity contribution in [2.24, 2.45) is 0 Å². The van der Waals surface area contributed by atoms with Crippen molar-refractivity contribution in [3.63, 3.8) is 0 Å². The first-order valence-corrected chi connectivity index (χ1v) is 7.36. The highest BCUT2D eigenvalue weighted by Gasteiger charge is 2.15. The first-order valence-electron chi connectivity index (χ1n) is 6.48. The maximum Gasteiger partial charge on any atom is 0.124 e. The third-order valence-electron chi connectivity index (χ3n) is 2.96. The SMILES string of the molecule is CC(CNCC1CCCO1)Sc1cccc(F)c1. The second-order valence-corrected chi connectivity index (χ2v) is 6.19. The molecule has 2 unspecified atom stereocenters. The Kier molecular flexibility index (Phi) is 5.47. The van der Waals surface area contributed by atoms with E-state index in [1.54, 1.807) is 23.9 Å². The van der Waals surface area contributed by atoms with Crippen LogP contribution in [0.4, 0.5) is 4.39 Å². The lowest BCUT2D eigenvalue weighted by atomic mass is 10.2. The zero-order chi connectivity index (χ0) is 12.8. The molecule has 1 aliphatic heterocycles. The third kappa shape index (κ3) is 4.59. The molecule has 1 fully saturated rings. The second kappa shape index (κ2) is 7.12. The Morgan fingerprint density at radius 3 is 3.17 bits per heavy atom. The van der Waals surface area contributed by atoms with Crippen LogP contribution in [0.25, 0.3) is 0 Å². The summed E-state index contributed by atoms with van der Waals surface area (Å²) < 4.78 is 18.6. The Hall–Kier alpha value is -0.580. The number of nitrogens with one attached hydrogen (secondary N) is 1. The minimum Gasteiger partial charge on any atom is -0.377 e. The molecule has 4 heteroatoms. The van der Waals surface area contributed by atoms with Gasteiger partial charge in [0.2, 0.25) is 0 Å². The fourth-order valence-corrected chi connectivity index (χ4v) is 3.07. The summed E-state index contributed by atoms with van der Waals surface area (Å²) in [7, 11) is 0. The van der Waals surface area contributed by atoms with Crippen molar-refractivity contribution in [3.8, 4) is 0 Å². The average molecular weight is 269 g/mol. The number of hydrogen-bond donors (Lipinski definition) is 1. The van der Waals surface area contributed by atoms with Crippen molar-refractivity contribution < 1.29 is 9.13 Å². The molecule has 2 atom stereocenters. The van der Waals surface area contributed by atoms with E-state index in [0.29, 0.717) is 11.4 Å². The zero-order valence-corrected chi connectivity index (χ0v) is 11.5. The molecule has 0 aliphatic carbocycles. The molecule has 2 rings (SSSR count). The Morgan fingerprint density at radius 1 is 1.56 bits per heavy atom. The van der Waals surface area contributed by atoms with Crippen molar-refractivity contribution in [2.75, 3.05) is 19.7 Å². The molecule has 0 aromatic heterocycles. The van der Waals surface area contributed by atoms with Crippen molar-refractivity contribution in [3.05, 3.63) is 30.1 Å². The van der Waals surface area contributed by atoms with Crippen LogP contribution < -0.4 is 5.32 Å². The summed E-state index contributed by atoms with van der Waals surface area (Å²) in [5, 5.41) is 3.85. The summed E-state index contributed by atoms with van der Waals surface area (Å²) in [6.07, 6.45) is 2.73. The zero-order valence-electron chi connectivity index (χ0n) is 10.7. The number of rotatable bonds is 6. The van der Waals surface area contributed by atoms with Crippen LogP contribution >= 0.6 is 11.8 Å². The van der Waals surface area contributed by atoms with E-state index in [4.69, 9.17) is 4.74 Å². The molecule has 1 N–H and O–H groups in total. The van der Waals surface area contributed by atoms with Crippen molar-refractivity contribution in [1.82, 2.24) is 5.32 Å². The third-order valence-corrected chi connectivity index (χ3v) is 4.06. The van der Waals surface area contributed by atoms with Gasteiger partial charge in [-0.3, -0.25) is 0 Å². The maximum atomic E-state index is 13.0. The van der Waals surface area contributed by atoms with Crippen LogP contribution in [0.1, 0.15) is 19.8 Å². The van der Waals surface area contributed by atoms with E-state index in [9.17, 15) is 4.39 Å².